The van der Waals surface area contributed by atoms with Gasteiger partial charge in [0.15, 0.2) is 0 Å². The highest BCUT2D eigenvalue weighted by Gasteiger charge is 2.35. The molecule has 0 spiro atoms. The van der Waals surface area contributed by atoms with Crippen LogP contribution in [-0.2, 0) is 16.0 Å². The van der Waals surface area contributed by atoms with Crippen LogP contribution >= 0.6 is 31.9 Å². The van der Waals surface area contributed by atoms with E-state index in [1.807, 2.05) is 32.0 Å². The summed E-state index contributed by atoms with van der Waals surface area (Å²) in [5.41, 5.74) is 2.41. The fourth-order valence-corrected chi connectivity index (χ4v) is 4.56. The number of amides is 4. The van der Waals surface area contributed by atoms with Gasteiger partial charge in [-0.05, 0) is 80.6 Å². The Morgan fingerprint density at radius 1 is 1.16 bits per heavy atom. The number of benzene rings is 2. The van der Waals surface area contributed by atoms with Gasteiger partial charge in [-0.1, -0.05) is 25.1 Å². The van der Waals surface area contributed by atoms with E-state index >= 15 is 0 Å². The molecule has 0 saturated carbocycles. The van der Waals surface area contributed by atoms with Gasteiger partial charge in [-0.3, -0.25) is 9.59 Å². The molecule has 0 unspecified atom stereocenters. The number of anilines is 1. The summed E-state index contributed by atoms with van der Waals surface area (Å²) in [6.07, 6.45) is 2.30. The molecule has 7 nitrogen and oxygen atoms in total. The second-order valence-corrected chi connectivity index (χ2v) is 8.39. The van der Waals surface area contributed by atoms with Gasteiger partial charge in [0.25, 0.3) is 5.91 Å². The van der Waals surface area contributed by atoms with E-state index in [2.05, 4.69) is 42.5 Å². The average molecular weight is 551 g/mol. The SMILES string of the molecule is CCOc1c(Br)cc(/C=C2/NC(=O)N(CC(=O)Nc3ccccc3CC)C2=O)cc1Br. The predicted octanol–water partition coefficient (Wildman–Crippen LogP) is 4.70. The van der Waals surface area contributed by atoms with Crippen molar-refractivity contribution in [2.45, 2.75) is 20.3 Å². The number of carbonyl (C=O) groups excluding carboxylic acids is 3. The van der Waals surface area contributed by atoms with Gasteiger partial charge < -0.3 is 15.4 Å². The lowest BCUT2D eigenvalue weighted by atomic mass is 10.1. The van der Waals surface area contributed by atoms with Crippen molar-refractivity contribution in [3.63, 3.8) is 0 Å². The second-order valence-electron chi connectivity index (χ2n) is 6.69. The van der Waals surface area contributed by atoms with Crippen LogP contribution in [0, 0.1) is 0 Å². The highest BCUT2D eigenvalue weighted by Crippen LogP contribution is 2.35. The quantitative estimate of drug-likeness (QED) is 0.386. The Hall–Kier alpha value is -2.65. The molecule has 0 atom stereocenters. The molecule has 3 rings (SSSR count). The van der Waals surface area contributed by atoms with Crippen LogP contribution in [0.4, 0.5) is 10.5 Å². The van der Waals surface area contributed by atoms with Crippen LogP contribution in [-0.4, -0.2) is 35.9 Å². The second kappa shape index (κ2) is 10.1. The first kappa shape index (κ1) is 23.0. The topological polar surface area (TPSA) is 87.7 Å². The molecule has 2 aromatic carbocycles. The number of ether oxygens (including phenoxy) is 1. The zero-order valence-corrected chi connectivity index (χ0v) is 20.2. The minimum Gasteiger partial charge on any atom is -0.492 e. The van der Waals surface area contributed by atoms with Crippen LogP contribution < -0.4 is 15.4 Å². The van der Waals surface area contributed by atoms with E-state index in [0.29, 0.717) is 32.6 Å². The molecular weight excluding hydrogens is 530 g/mol. The van der Waals surface area contributed by atoms with Crippen LogP contribution in [0.2, 0.25) is 0 Å². The monoisotopic (exact) mass is 549 g/mol. The summed E-state index contributed by atoms with van der Waals surface area (Å²) in [5, 5.41) is 5.30. The van der Waals surface area contributed by atoms with Crippen molar-refractivity contribution in [2.75, 3.05) is 18.5 Å². The number of rotatable bonds is 7. The summed E-state index contributed by atoms with van der Waals surface area (Å²) in [6, 6.07) is 10.3. The van der Waals surface area contributed by atoms with Crippen molar-refractivity contribution >= 4 is 61.5 Å². The molecule has 0 aromatic heterocycles. The van der Waals surface area contributed by atoms with E-state index in [0.717, 1.165) is 16.9 Å². The number of imide groups is 1. The van der Waals surface area contributed by atoms with E-state index in [1.165, 1.54) is 0 Å². The number of nitrogens with one attached hydrogen (secondary N) is 2. The first-order chi connectivity index (χ1) is 14.8. The molecule has 1 aliphatic heterocycles. The molecule has 1 fully saturated rings. The number of halogens is 2. The summed E-state index contributed by atoms with van der Waals surface area (Å²) in [7, 11) is 0. The van der Waals surface area contributed by atoms with E-state index in [9.17, 15) is 14.4 Å². The zero-order chi connectivity index (χ0) is 22.5. The van der Waals surface area contributed by atoms with Crippen LogP contribution in [0.1, 0.15) is 25.0 Å². The van der Waals surface area contributed by atoms with Gasteiger partial charge in [-0.25, -0.2) is 9.69 Å². The highest BCUT2D eigenvalue weighted by atomic mass is 79.9. The maximum absolute atomic E-state index is 12.7. The Kier molecular flexibility index (Phi) is 7.50. The Morgan fingerprint density at radius 3 is 2.48 bits per heavy atom. The van der Waals surface area contributed by atoms with E-state index in [-0.39, 0.29) is 12.2 Å². The molecule has 9 heteroatoms. The molecule has 4 amide bonds. The number of hydrogen-bond donors (Lipinski definition) is 2. The Bertz CT molecular complexity index is 1050. The molecule has 162 valence electrons. The lowest BCUT2D eigenvalue weighted by Gasteiger charge is -2.13. The Balaban J connectivity index is 1.74. The third-order valence-corrected chi connectivity index (χ3v) is 5.73. The molecule has 0 radical (unpaired) electrons. The van der Waals surface area contributed by atoms with E-state index in [1.54, 1.807) is 24.3 Å². The predicted molar refractivity (Wildman–Crippen MR) is 126 cm³/mol. The number of urea groups is 1. The van der Waals surface area contributed by atoms with Gasteiger partial charge in [0.2, 0.25) is 5.91 Å². The number of para-hydroxylation sites is 1. The summed E-state index contributed by atoms with van der Waals surface area (Å²) in [6.45, 7) is 3.99. The van der Waals surface area contributed by atoms with Crippen molar-refractivity contribution in [1.82, 2.24) is 10.2 Å². The maximum atomic E-state index is 12.7. The summed E-state index contributed by atoms with van der Waals surface area (Å²) in [4.78, 5) is 38.4. The van der Waals surface area contributed by atoms with Gasteiger partial charge in [0, 0.05) is 5.69 Å². The largest absolute Gasteiger partial charge is 0.492 e. The third kappa shape index (κ3) is 5.34. The molecule has 2 aromatic rings. The molecule has 0 aliphatic carbocycles. The Morgan fingerprint density at radius 2 is 1.84 bits per heavy atom. The van der Waals surface area contributed by atoms with Gasteiger partial charge in [-0.15, -0.1) is 0 Å². The number of aryl methyl sites for hydroxylation is 1. The van der Waals surface area contributed by atoms with Crippen LogP contribution in [0.25, 0.3) is 6.08 Å². The minimum atomic E-state index is -0.640. The van der Waals surface area contributed by atoms with E-state index in [4.69, 9.17) is 4.74 Å². The highest BCUT2D eigenvalue weighted by molar-refractivity contribution is 9.11. The maximum Gasteiger partial charge on any atom is 0.329 e. The lowest BCUT2D eigenvalue weighted by molar-refractivity contribution is -0.127. The number of hydrogen-bond acceptors (Lipinski definition) is 4. The zero-order valence-electron chi connectivity index (χ0n) is 17.0. The number of carbonyl (C=O) groups is 3. The number of nitrogens with zero attached hydrogens (tertiary/aromatic N) is 1. The van der Waals surface area contributed by atoms with Gasteiger partial charge in [-0.2, -0.15) is 0 Å². The van der Waals surface area contributed by atoms with Crippen molar-refractivity contribution in [2.24, 2.45) is 0 Å². The molecular formula is C22H21Br2N3O4. The molecule has 1 aliphatic rings. The van der Waals surface area contributed by atoms with Crippen molar-refractivity contribution in [3.05, 3.63) is 62.2 Å². The van der Waals surface area contributed by atoms with Crippen LogP contribution in [0.5, 0.6) is 5.75 Å². The first-order valence-electron chi connectivity index (χ1n) is 9.68. The summed E-state index contributed by atoms with van der Waals surface area (Å²) < 4.78 is 6.97. The molecule has 31 heavy (non-hydrogen) atoms. The fraction of sp³-hybridized carbons (Fsp3) is 0.227. The molecule has 2 N–H and O–H groups in total. The molecule has 0 bridgehead atoms. The minimum absolute atomic E-state index is 0.0923. The van der Waals surface area contributed by atoms with Gasteiger partial charge in [0.05, 0.1) is 15.6 Å². The van der Waals surface area contributed by atoms with Crippen LogP contribution in [0.3, 0.4) is 0 Å². The van der Waals surface area contributed by atoms with E-state index < -0.39 is 17.8 Å². The Labute approximate surface area is 197 Å². The normalized spacial score (nSPS) is 14.7. The van der Waals surface area contributed by atoms with Crippen molar-refractivity contribution in [3.8, 4) is 5.75 Å². The average Bonchev–Trinajstić information content (AvgIpc) is 2.98. The first-order valence-corrected chi connectivity index (χ1v) is 11.3. The molecule has 1 saturated heterocycles. The van der Waals surface area contributed by atoms with Crippen LogP contribution in [0.15, 0.2) is 51.0 Å². The third-order valence-electron chi connectivity index (χ3n) is 4.56. The summed E-state index contributed by atoms with van der Waals surface area (Å²) in [5.74, 6) is -0.362. The molecule has 1 heterocycles. The summed E-state index contributed by atoms with van der Waals surface area (Å²) >= 11 is 6.89. The van der Waals surface area contributed by atoms with Gasteiger partial charge in [0.1, 0.15) is 18.0 Å². The van der Waals surface area contributed by atoms with Crippen molar-refractivity contribution < 1.29 is 19.1 Å². The van der Waals surface area contributed by atoms with Gasteiger partial charge >= 0.3 is 6.03 Å². The smallest absolute Gasteiger partial charge is 0.329 e. The fourth-order valence-electron chi connectivity index (χ4n) is 3.11. The lowest BCUT2D eigenvalue weighted by Crippen LogP contribution is -2.38. The van der Waals surface area contributed by atoms with Crippen molar-refractivity contribution in [1.29, 1.82) is 0 Å². The standard InChI is InChI=1S/C22H21Br2N3O4/c1-3-14-7-5-6-8-17(14)25-19(28)12-27-21(29)18(26-22(27)30)11-13-9-15(23)20(31-4-2)16(24)10-13/h5-11H,3-4,12H2,1-2H3,(H,25,28)(H,26,30)/b18-11+.